The van der Waals surface area contributed by atoms with Crippen molar-refractivity contribution < 1.29 is 0 Å². The number of hydrogen-bond donors (Lipinski definition) is 1. The third-order valence-corrected chi connectivity index (χ3v) is 2.55. The molecule has 0 radical (unpaired) electrons. The third-order valence-electron chi connectivity index (χ3n) is 2.19. The lowest BCUT2D eigenvalue weighted by Crippen LogP contribution is -1.92. The summed E-state index contributed by atoms with van der Waals surface area (Å²) in [5.74, 6) is 0. The second kappa shape index (κ2) is 4.32. The van der Waals surface area contributed by atoms with Gasteiger partial charge in [0.1, 0.15) is 0 Å². The van der Waals surface area contributed by atoms with E-state index in [2.05, 4.69) is 4.98 Å². The second-order valence-corrected chi connectivity index (χ2v) is 3.80. The van der Waals surface area contributed by atoms with Crippen LogP contribution in [0.4, 0.5) is 5.69 Å². The van der Waals surface area contributed by atoms with Crippen LogP contribution in [-0.2, 0) is 6.42 Å². The average Bonchev–Trinajstić information content (AvgIpc) is 2.24. The molecule has 0 saturated carbocycles. The maximum Gasteiger partial charge on any atom is 0.0461 e. The molecule has 0 unspecified atom stereocenters. The van der Waals surface area contributed by atoms with E-state index in [1.54, 1.807) is 12.3 Å². The Hall–Kier alpha value is -1.54. The van der Waals surface area contributed by atoms with Gasteiger partial charge in [-0.3, -0.25) is 4.98 Å². The molecule has 2 rings (SSSR count). The fourth-order valence-electron chi connectivity index (χ4n) is 1.43. The highest BCUT2D eigenvalue weighted by Gasteiger charge is 2.01. The van der Waals surface area contributed by atoms with Gasteiger partial charge in [0.05, 0.1) is 0 Å². The van der Waals surface area contributed by atoms with E-state index in [-0.39, 0.29) is 0 Å². The van der Waals surface area contributed by atoms with Crippen LogP contribution >= 0.6 is 11.6 Å². The number of aromatic nitrogens is 1. The Morgan fingerprint density at radius 2 is 2.13 bits per heavy atom. The lowest BCUT2D eigenvalue weighted by molar-refractivity contribution is 1.15. The van der Waals surface area contributed by atoms with Crippen molar-refractivity contribution in [2.24, 2.45) is 0 Å². The average molecular weight is 219 g/mol. The third kappa shape index (κ3) is 2.48. The summed E-state index contributed by atoms with van der Waals surface area (Å²) in [5.41, 5.74) is 8.53. The molecule has 2 aromatic rings. The number of hydrogen-bond acceptors (Lipinski definition) is 2. The van der Waals surface area contributed by atoms with Crippen LogP contribution in [-0.4, -0.2) is 4.98 Å². The van der Waals surface area contributed by atoms with Crippen molar-refractivity contribution in [3.63, 3.8) is 0 Å². The van der Waals surface area contributed by atoms with Crippen molar-refractivity contribution in [1.29, 1.82) is 0 Å². The Morgan fingerprint density at radius 1 is 1.27 bits per heavy atom. The van der Waals surface area contributed by atoms with Gasteiger partial charge in [0.2, 0.25) is 0 Å². The number of nitrogens with zero attached hydrogens (tertiary/aromatic N) is 1. The Morgan fingerprint density at radius 3 is 2.80 bits per heavy atom. The van der Waals surface area contributed by atoms with Gasteiger partial charge in [0.25, 0.3) is 0 Å². The molecule has 2 N–H and O–H groups in total. The maximum absolute atomic E-state index is 6.08. The molecule has 2 nitrogen and oxygen atoms in total. The molecule has 76 valence electrons. The fraction of sp³-hybridized carbons (Fsp3) is 0.0833. The van der Waals surface area contributed by atoms with Crippen LogP contribution in [0.2, 0.25) is 5.02 Å². The second-order valence-electron chi connectivity index (χ2n) is 3.39. The minimum atomic E-state index is 0.690. The van der Waals surface area contributed by atoms with Crippen LogP contribution in [0.15, 0.2) is 42.7 Å². The summed E-state index contributed by atoms with van der Waals surface area (Å²) in [6.45, 7) is 0. The van der Waals surface area contributed by atoms with E-state index in [1.165, 1.54) is 0 Å². The van der Waals surface area contributed by atoms with E-state index in [9.17, 15) is 0 Å². The maximum atomic E-state index is 6.08. The molecule has 1 aromatic carbocycles. The Kier molecular flexibility index (Phi) is 2.88. The normalized spacial score (nSPS) is 10.2. The Bertz CT molecular complexity index is 454. The Labute approximate surface area is 93.7 Å². The number of rotatable bonds is 2. The summed E-state index contributed by atoms with van der Waals surface area (Å²) < 4.78 is 0. The standard InChI is InChI=1S/C12H11ClN2/c13-12-7-11(14)4-3-10(12)6-9-2-1-5-15-8-9/h1-5,7-8H,6,14H2. The highest BCUT2D eigenvalue weighted by molar-refractivity contribution is 6.31. The first kappa shape index (κ1) is 9.99. The molecule has 0 aliphatic rings. The van der Waals surface area contributed by atoms with Crippen molar-refractivity contribution in [3.8, 4) is 0 Å². The van der Waals surface area contributed by atoms with Crippen molar-refractivity contribution >= 4 is 17.3 Å². The minimum absolute atomic E-state index is 0.690. The molecule has 0 amide bonds. The first-order valence-electron chi connectivity index (χ1n) is 4.68. The van der Waals surface area contributed by atoms with Gasteiger partial charge in [-0.25, -0.2) is 0 Å². The minimum Gasteiger partial charge on any atom is -0.399 e. The van der Waals surface area contributed by atoms with Crippen LogP contribution in [0, 0.1) is 0 Å². The van der Waals surface area contributed by atoms with Crippen molar-refractivity contribution in [1.82, 2.24) is 4.98 Å². The van der Waals surface area contributed by atoms with E-state index in [4.69, 9.17) is 17.3 Å². The fourth-order valence-corrected chi connectivity index (χ4v) is 1.69. The predicted octanol–water partition coefficient (Wildman–Crippen LogP) is 2.91. The van der Waals surface area contributed by atoms with Crippen LogP contribution in [0.1, 0.15) is 11.1 Å². The van der Waals surface area contributed by atoms with Gasteiger partial charge in [0, 0.05) is 29.5 Å². The first-order chi connectivity index (χ1) is 7.25. The highest BCUT2D eigenvalue weighted by atomic mass is 35.5. The summed E-state index contributed by atoms with van der Waals surface area (Å²) in [4.78, 5) is 4.06. The van der Waals surface area contributed by atoms with Crippen LogP contribution < -0.4 is 5.73 Å². The number of anilines is 1. The lowest BCUT2D eigenvalue weighted by Gasteiger charge is -2.04. The van der Waals surface area contributed by atoms with Crippen molar-refractivity contribution in [2.75, 3.05) is 5.73 Å². The number of pyridine rings is 1. The zero-order valence-corrected chi connectivity index (χ0v) is 8.91. The van der Waals surface area contributed by atoms with E-state index in [1.807, 2.05) is 30.5 Å². The summed E-state index contributed by atoms with van der Waals surface area (Å²) in [5, 5.41) is 0.707. The first-order valence-corrected chi connectivity index (χ1v) is 5.06. The smallest absolute Gasteiger partial charge is 0.0461 e. The largest absolute Gasteiger partial charge is 0.399 e. The summed E-state index contributed by atoms with van der Waals surface area (Å²) in [6.07, 6.45) is 4.38. The molecule has 0 aliphatic carbocycles. The summed E-state index contributed by atoms with van der Waals surface area (Å²) in [7, 11) is 0. The number of nitrogens with two attached hydrogens (primary N) is 1. The van der Waals surface area contributed by atoms with E-state index in [0.717, 1.165) is 17.5 Å². The van der Waals surface area contributed by atoms with E-state index in [0.29, 0.717) is 10.7 Å². The molecular formula is C12H11ClN2. The topological polar surface area (TPSA) is 38.9 Å². The van der Waals surface area contributed by atoms with Crippen molar-refractivity contribution in [2.45, 2.75) is 6.42 Å². The summed E-state index contributed by atoms with van der Waals surface area (Å²) in [6, 6.07) is 9.52. The molecule has 1 aromatic heterocycles. The number of benzene rings is 1. The van der Waals surface area contributed by atoms with Crippen LogP contribution in [0.3, 0.4) is 0 Å². The summed E-state index contributed by atoms with van der Waals surface area (Å²) >= 11 is 6.08. The van der Waals surface area contributed by atoms with Crippen molar-refractivity contribution in [3.05, 3.63) is 58.9 Å². The van der Waals surface area contributed by atoms with Gasteiger partial charge < -0.3 is 5.73 Å². The molecule has 3 heteroatoms. The van der Waals surface area contributed by atoms with Gasteiger partial charge >= 0.3 is 0 Å². The molecule has 0 bridgehead atoms. The molecule has 0 spiro atoms. The highest BCUT2D eigenvalue weighted by Crippen LogP contribution is 2.21. The molecule has 1 heterocycles. The van der Waals surface area contributed by atoms with Gasteiger partial charge in [-0.05, 0) is 29.3 Å². The number of halogens is 1. The molecule has 0 aliphatic heterocycles. The zero-order chi connectivity index (χ0) is 10.7. The van der Waals surface area contributed by atoms with Crippen LogP contribution in [0.25, 0.3) is 0 Å². The van der Waals surface area contributed by atoms with Gasteiger partial charge in [-0.1, -0.05) is 23.7 Å². The van der Waals surface area contributed by atoms with E-state index < -0.39 is 0 Å². The molecular weight excluding hydrogens is 208 g/mol. The lowest BCUT2D eigenvalue weighted by atomic mass is 10.1. The molecule has 0 saturated heterocycles. The molecule has 0 atom stereocenters. The van der Waals surface area contributed by atoms with E-state index >= 15 is 0 Å². The van der Waals surface area contributed by atoms with Gasteiger partial charge in [-0.2, -0.15) is 0 Å². The monoisotopic (exact) mass is 218 g/mol. The van der Waals surface area contributed by atoms with Gasteiger partial charge in [0.15, 0.2) is 0 Å². The SMILES string of the molecule is Nc1ccc(Cc2cccnc2)c(Cl)c1. The Balaban J connectivity index is 2.25. The van der Waals surface area contributed by atoms with Gasteiger partial charge in [-0.15, -0.1) is 0 Å². The predicted molar refractivity (Wildman–Crippen MR) is 62.9 cm³/mol. The quantitative estimate of drug-likeness (QED) is 0.788. The zero-order valence-electron chi connectivity index (χ0n) is 8.15. The van der Waals surface area contributed by atoms with Crippen LogP contribution in [0.5, 0.6) is 0 Å². The molecule has 0 fully saturated rings. The number of nitrogen functional groups attached to an aromatic ring is 1. The molecule has 15 heavy (non-hydrogen) atoms.